The van der Waals surface area contributed by atoms with E-state index in [0.717, 1.165) is 31.6 Å². The quantitative estimate of drug-likeness (QED) is 0.880. The molecule has 1 aromatic heterocycles. The van der Waals surface area contributed by atoms with Crippen LogP contribution in [0.5, 0.6) is 0 Å². The second-order valence-electron chi connectivity index (χ2n) is 7.29. The third-order valence-corrected chi connectivity index (χ3v) is 5.56. The Morgan fingerprint density at radius 3 is 2.40 bits per heavy atom. The van der Waals surface area contributed by atoms with E-state index in [0.29, 0.717) is 24.8 Å². The van der Waals surface area contributed by atoms with Crippen molar-refractivity contribution in [1.29, 1.82) is 0 Å². The van der Waals surface area contributed by atoms with Crippen LogP contribution in [0.1, 0.15) is 48.8 Å². The summed E-state index contributed by atoms with van der Waals surface area (Å²) in [6.07, 6.45) is 4.63. The van der Waals surface area contributed by atoms with Gasteiger partial charge in [-0.2, -0.15) is 5.10 Å². The van der Waals surface area contributed by atoms with Crippen LogP contribution in [-0.2, 0) is 11.8 Å². The first kappa shape index (κ1) is 17.9. The molecule has 0 spiro atoms. The summed E-state index contributed by atoms with van der Waals surface area (Å²) < 4.78 is 1.72. The largest absolute Gasteiger partial charge is 0.352 e. The van der Waals surface area contributed by atoms with E-state index in [1.807, 2.05) is 31.9 Å². The number of aromatic nitrogens is 2. The first-order chi connectivity index (χ1) is 12.0. The van der Waals surface area contributed by atoms with Crippen LogP contribution in [-0.4, -0.2) is 69.7 Å². The van der Waals surface area contributed by atoms with E-state index in [9.17, 15) is 9.59 Å². The minimum Gasteiger partial charge on any atom is -0.352 e. The van der Waals surface area contributed by atoms with Crippen LogP contribution in [0, 0.1) is 6.92 Å². The zero-order valence-electron chi connectivity index (χ0n) is 15.5. The number of rotatable bonds is 4. The lowest BCUT2D eigenvalue weighted by molar-refractivity contribution is -0.127. The van der Waals surface area contributed by atoms with Crippen molar-refractivity contribution in [2.24, 2.45) is 7.05 Å². The fourth-order valence-corrected chi connectivity index (χ4v) is 3.70. The summed E-state index contributed by atoms with van der Waals surface area (Å²) in [5.41, 5.74) is 1.47. The van der Waals surface area contributed by atoms with Gasteiger partial charge in [-0.3, -0.25) is 19.2 Å². The van der Waals surface area contributed by atoms with E-state index >= 15 is 0 Å². The number of hydrogen-bond acceptors (Lipinski definition) is 4. The second kappa shape index (κ2) is 7.56. The SMILES string of the molecule is Cc1cc(C(=O)N2CCN([C@H](C)C(=O)NC3CCCC3)CC2)nn1C. The summed E-state index contributed by atoms with van der Waals surface area (Å²) in [5.74, 6) is 0.0958. The molecule has 138 valence electrons. The van der Waals surface area contributed by atoms with Crippen molar-refractivity contribution in [2.45, 2.75) is 51.6 Å². The smallest absolute Gasteiger partial charge is 0.274 e. The van der Waals surface area contributed by atoms with Gasteiger partial charge in [0.05, 0.1) is 6.04 Å². The molecule has 0 bridgehead atoms. The normalized spacial score (nSPS) is 20.7. The van der Waals surface area contributed by atoms with Gasteiger partial charge in [-0.1, -0.05) is 12.8 Å². The van der Waals surface area contributed by atoms with E-state index in [1.165, 1.54) is 12.8 Å². The minimum absolute atomic E-state index is 0.0218. The van der Waals surface area contributed by atoms with Crippen LogP contribution in [0.15, 0.2) is 6.07 Å². The van der Waals surface area contributed by atoms with Crippen molar-refractivity contribution >= 4 is 11.8 Å². The van der Waals surface area contributed by atoms with Crippen LogP contribution >= 0.6 is 0 Å². The Hall–Kier alpha value is -1.89. The molecule has 2 heterocycles. The molecule has 2 fully saturated rings. The topological polar surface area (TPSA) is 70.5 Å². The van der Waals surface area contributed by atoms with E-state index < -0.39 is 0 Å². The van der Waals surface area contributed by atoms with Gasteiger partial charge in [-0.15, -0.1) is 0 Å². The first-order valence-corrected chi connectivity index (χ1v) is 9.30. The van der Waals surface area contributed by atoms with Gasteiger partial charge < -0.3 is 10.2 Å². The van der Waals surface area contributed by atoms with Crippen molar-refractivity contribution in [3.8, 4) is 0 Å². The maximum absolute atomic E-state index is 12.6. The van der Waals surface area contributed by atoms with Crippen LogP contribution in [0.4, 0.5) is 0 Å². The number of nitrogens with zero attached hydrogens (tertiary/aromatic N) is 4. The van der Waals surface area contributed by atoms with Gasteiger partial charge in [0, 0.05) is 45.0 Å². The van der Waals surface area contributed by atoms with Crippen molar-refractivity contribution in [3.05, 3.63) is 17.5 Å². The number of aryl methyl sites for hydroxylation is 2. The molecule has 25 heavy (non-hydrogen) atoms. The minimum atomic E-state index is -0.144. The summed E-state index contributed by atoms with van der Waals surface area (Å²) in [6, 6.07) is 2.03. The Labute approximate surface area is 149 Å². The molecule has 1 aromatic rings. The summed E-state index contributed by atoms with van der Waals surface area (Å²) in [5, 5.41) is 7.44. The average molecular weight is 347 g/mol. The molecule has 0 unspecified atom stereocenters. The number of nitrogens with one attached hydrogen (secondary N) is 1. The van der Waals surface area contributed by atoms with Crippen LogP contribution in [0.3, 0.4) is 0 Å². The maximum atomic E-state index is 12.6. The van der Waals surface area contributed by atoms with Gasteiger partial charge in [0.15, 0.2) is 5.69 Å². The third kappa shape index (κ3) is 4.03. The number of carbonyl (C=O) groups excluding carboxylic acids is 2. The molecule has 2 aliphatic rings. The summed E-state index contributed by atoms with van der Waals surface area (Å²) in [4.78, 5) is 29.0. The maximum Gasteiger partial charge on any atom is 0.274 e. The lowest BCUT2D eigenvalue weighted by atomic mass is 10.1. The van der Waals surface area contributed by atoms with E-state index in [1.54, 1.807) is 4.68 Å². The zero-order chi connectivity index (χ0) is 18.0. The molecular weight excluding hydrogens is 318 g/mol. The third-order valence-electron chi connectivity index (χ3n) is 5.56. The molecule has 2 amide bonds. The molecule has 0 aromatic carbocycles. The Morgan fingerprint density at radius 1 is 1.20 bits per heavy atom. The molecule has 1 aliphatic heterocycles. The van der Waals surface area contributed by atoms with Crippen molar-refractivity contribution < 1.29 is 9.59 Å². The molecule has 1 atom stereocenters. The highest BCUT2D eigenvalue weighted by atomic mass is 16.2. The highest BCUT2D eigenvalue weighted by Gasteiger charge is 2.30. The Balaban J connectivity index is 1.50. The predicted molar refractivity (Wildman–Crippen MR) is 95.3 cm³/mol. The highest BCUT2D eigenvalue weighted by Crippen LogP contribution is 2.18. The fourth-order valence-electron chi connectivity index (χ4n) is 3.70. The van der Waals surface area contributed by atoms with E-state index in [4.69, 9.17) is 0 Å². The van der Waals surface area contributed by atoms with Crippen molar-refractivity contribution in [1.82, 2.24) is 24.9 Å². The fraction of sp³-hybridized carbons (Fsp3) is 0.722. The van der Waals surface area contributed by atoms with Gasteiger partial charge >= 0.3 is 0 Å². The monoisotopic (exact) mass is 347 g/mol. The lowest BCUT2D eigenvalue weighted by Crippen LogP contribution is -2.55. The van der Waals surface area contributed by atoms with Gasteiger partial charge in [-0.25, -0.2) is 0 Å². The second-order valence-corrected chi connectivity index (χ2v) is 7.29. The van der Waals surface area contributed by atoms with E-state index in [2.05, 4.69) is 15.3 Å². The highest BCUT2D eigenvalue weighted by molar-refractivity contribution is 5.92. The molecule has 1 saturated heterocycles. The zero-order valence-corrected chi connectivity index (χ0v) is 15.5. The molecule has 3 rings (SSSR count). The van der Waals surface area contributed by atoms with Crippen LogP contribution in [0.2, 0.25) is 0 Å². The average Bonchev–Trinajstić information content (AvgIpc) is 3.24. The molecule has 1 saturated carbocycles. The number of amides is 2. The summed E-state index contributed by atoms with van der Waals surface area (Å²) in [7, 11) is 1.84. The van der Waals surface area contributed by atoms with Crippen molar-refractivity contribution in [3.63, 3.8) is 0 Å². The molecule has 1 aliphatic carbocycles. The van der Waals surface area contributed by atoms with Gasteiger partial charge in [0.2, 0.25) is 5.91 Å². The Bertz CT molecular complexity index is 608. The Kier molecular flexibility index (Phi) is 5.42. The van der Waals surface area contributed by atoms with Gasteiger partial charge in [-0.05, 0) is 32.8 Å². The molecule has 7 nitrogen and oxygen atoms in total. The number of piperazine rings is 1. The molecule has 7 heteroatoms. The van der Waals surface area contributed by atoms with Crippen LogP contribution in [0.25, 0.3) is 0 Å². The van der Waals surface area contributed by atoms with Gasteiger partial charge in [0.25, 0.3) is 5.91 Å². The van der Waals surface area contributed by atoms with Crippen LogP contribution < -0.4 is 5.32 Å². The van der Waals surface area contributed by atoms with Gasteiger partial charge in [0.1, 0.15) is 0 Å². The Morgan fingerprint density at radius 2 is 1.84 bits per heavy atom. The molecular formula is C18H29N5O2. The molecule has 0 radical (unpaired) electrons. The first-order valence-electron chi connectivity index (χ1n) is 9.30. The number of carbonyl (C=O) groups is 2. The lowest BCUT2D eigenvalue weighted by Gasteiger charge is -2.37. The standard InChI is InChI=1S/C18H29N5O2/c1-13-12-16(20-21(13)3)18(25)23-10-8-22(9-11-23)14(2)17(24)19-15-6-4-5-7-15/h12,14-15H,4-11H2,1-3H3,(H,19,24)/t14-/m1/s1. The predicted octanol–water partition coefficient (Wildman–Crippen LogP) is 0.934. The number of hydrogen-bond donors (Lipinski definition) is 1. The summed E-state index contributed by atoms with van der Waals surface area (Å²) >= 11 is 0. The van der Waals surface area contributed by atoms with Crippen molar-refractivity contribution in [2.75, 3.05) is 26.2 Å². The summed E-state index contributed by atoms with van der Waals surface area (Å²) in [6.45, 7) is 6.61. The molecule has 1 N–H and O–H groups in total. The van der Waals surface area contributed by atoms with E-state index in [-0.39, 0.29) is 17.9 Å².